The maximum Gasteiger partial charge on any atom is 0.251 e. The quantitative estimate of drug-likeness (QED) is 0.741. The number of piperidine rings is 1. The molecule has 5 heteroatoms. The minimum atomic E-state index is -0.0180. The van der Waals surface area contributed by atoms with Crippen molar-refractivity contribution in [3.63, 3.8) is 0 Å². The molecule has 0 radical (unpaired) electrons. The van der Waals surface area contributed by atoms with Gasteiger partial charge in [0.1, 0.15) is 0 Å². The van der Waals surface area contributed by atoms with E-state index in [0.29, 0.717) is 6.54 Å². The highest BCUT2D eigenvalue weighted by molar-refractivity contribution is 5.94. The Kier molecular flexibility index (Phi) is 7.73. The number of nitrogens with one attached hydrogen (secondary N) is 1. The van der Waals surface area contributed by atoms with Crippen LogP contribution in [-0.2, 0) is 24.4 Å². The van der Waals surface area contributed by atoms with E-state index >= 15 is 0 Å². The lowest BCUT2D eigenvalue weighted by Crippen LogP contribution is -2.35. The maximum atomic E-state index is 12.6. The Hall–Kier alpha value is -2.21. The molecular weight excluding hydrogens is 386 g/mol. The molecule has 166 valence electrons. The fraction of sp³-hybridized carbons (Fsp3) is 0.500. The van der Waals surface area contributed by atoms with Gasteiger partial charge < -0.3 is 10.1 Å². The molecule has 2 aliphatic rings. The molecule has 2 aromatic rings. The highest BCUT2D eigenvalue weighted by atomic mass is 16.5. The number of ether oxygens (including phenoxy) is 1. The molecular formula is C26H35N3O2. The van der Waals surface area contributed by atoms with E-state index in [0.717, 1.165) is 56.4 Å². The third kappa shape index (κ3) is 6.63. The van der Waals surface area contributed by atoms with Crippen molar-refractivity contribution >= 4 is 5.91 Å². The number of rotatable bonds is 7. The molecule has 0 saturated carbocycles. The second-order valence-electron chi connectivity index (χ2n) is 9.07. The molecule has 2 saturated heterocycles. The zero-order valence-corrected chi connectivity index (χ0v) is 18.7. The molecule has 2 heterocycles. The monoisotopic (exact) mass is 421 g/mol. The molecule has 1 amide bonds. The van der Waals surface area contributed by atoms with Crippen molar-refractivity contribution in [1.82, 2.24) is 15.1 Å². The summed E-state index contributed by atoms with van der Waals surface area (Å²) in [7, 11) is 0. The van der Waals surface area contributed by atoms with Crippen LogP contribution in [-0.4, -0.2) is 55.1 Å². The van der Waals surface area contributed by atoms with Gasteiger partial charge in [-0.25, -0.2) is 0 Å². The summed E-state index contributed by atoms with van der Waals surface area (Å²) >= 11 is 0. The Morgan fingerprint density at radius 2 is 1.52 bits per heavy atom. The molecule has 2 aliphatic heterocycles. The summed E-state index contributed by atoms with van der Waals surface area (Å²) in [6, 6.07) is 16.6. The number of hydrogen-bond donors (Lipinski definition) is 1. The first-order chi connectivity index (χ1) is 15.2. The molecule has 0 aromatic heterocycles. The van der Waals surface area contributed by atoms with E-state index in [1.165, 1.54) is 37.1 Å². The smallest absolute Gasteiger partial charge is 0.251 e. The fourth-order valence-corrected chi connectivity index (χ4v) is 4.51. The molecule has 2 aromatic carbocycles. The van der Waals surface area contributed by atoms with Crippen LogP contribution in [0.4, 0.5) is 0 Å². The highest BCUT2D eigenvalue weighted by Crippen LogP contribution is 2.18. The predicted octanol–water partition coefficient (Wildman–Crippen LogP) is 3.68. The van der Waals surface area contributed by atoms with E-state index in [-0.39, 0.29) is 5.91 Å². The van der Waals surface area contributed by atoms with Crippen LogP contribution >= 0.6 is 0 Å². The molecule has 0 spiro atoms. The van der Waals surface area contributed by atoms with Crippen LogP contribution in [0.25, 0.3) is 0 Å². The standard InChI is InChI=1S/C26H35N3O2/c1-21-3-2-12-29(18-21)20-24-8-10-25(11-9-24)26(30)27-17-22-4-6-23(7-5-22)19-28-13-15-31-16-14-28/h4-11,21H,2-3,12-20H2,1H3,(H,27,30). The van der Waals surface area contributed by atoms with E-state index in [1.807, 2.05) is 12.1 Å². The van der Waals surface area contributed by atoms with Crippen LogP contribution in [0.3, 0.4) is 0 Å². The van der Waals surface area contributed by atoms with Gasteiger partial charge in [0.25, 0.3) is 5.91 Å². The summed E-state index contributed by atoms with van der Waals surface area (Å²) in [6.45, 7) is 10.8. The lowest BCUT2D eigenvalue weighted by atomic mass is 9.99. The van der Waals surface area contributed by atoms with Crippen LogP contribution in [0.15, 0.2) is 48.5 Å². The second-order valence-corrected chi connectivity index (χ2v) is 9.07. The maximum absolute atomic E-state index is 12.6. The normalized spacial score (nSPS) is 20.5. The Morgan fingerprint density at radius 3 is 2.19 bits per heavy atom. The topological polar surface area (TPSA) is 44.8 Å². The van der Waals surface area contributed by atoms with Gasteiger partial charge >= 0.3 is 0 Å². The number of morpholine rings is 1. The highest BCUT2D eigenvalue weighted by Gasteiger charge is 2.16. The summed E-state index contributed by atoms with van der Waals surface area (Å²) in [4.78, 5) is 17.5. The molecule has 0 bridgehead atoms. The van der Waals surface area contributed by atoms with Gasteiger partial charge in [-0.2, -0.15) is 0 Å². The van der Waals surface area contributed by atoms with Gasteiger partial charge in [-0.3, -0.25) is 14.6 Å². The lowest BCUT2D eigenvalue weighted by molar-refractivity contribution is 0.0342. The zero-order chi connectivity index (χ0) is 21.5. The number of amides is 1. The van der Waals surface area contributed by atoms with Crippen LogP contribution in [0.2, 0.25) is 0 Å². The average Bonchev–Trinajstić information content (AvgIpc) is 2.80. The fourth-order valence-electron chi connectivity index (χ4n) is 4.51. The summed E-state index contributed by atoms with van der Waals surface area (Å²) in [5.74, 6) is 0.766. The largest absolute Gasteiger partial charge is 0.379 e. The van der Waals surface area contributed by atoms with Gasteiger partial charge in [0, 0.05) is 44.8 Å². The van der Waals surface area contributed by atoms with E-state index in [4.69, 9.17) is 4.74 Å². The first kappa shape index (κ1) is 22.0. The molecule has 31 heavy (non-hydrogen) atoms. The van der Waals surface area contributed by atoms with Crippen LogP contribution in [0.1, 0.15) is 46.8 Å². The van der Waals surface area contributed by atoms with Crippen molar-refractivity contribution in [2.75, 3.05) is 39.4 Å². The number of likely N-dealkylation sites (tertiary alicyclic amines) is 1. The van der Waals surface area contributed by atoms with Gasteiger partial charge in [-0.15, -0.1) is 0 Å². The first-order valence-electron chi connectivity index (χ1n) is 11.6. The van der Waals surface area contributed by atoms with Crippen molar-refractivity contribution in [2.24, 2.45) is 5.92 Å². The second kappa shape index (κ2) is 10.9. The van der Waals surface area contributed by atoms with Crippen LogP contribution in [0.5, 0.6) is 0 Å². The van der Waals surface area contributed by atoms with E-state index in [2.05, 4.69) is 58.4 Å². The Balaban J connectivity index is 1.23. The lowest BCUT2D eigenvalue weighted by Gasteiger charge is -2.30. The summed E-state index contributed by atoms with van der Waals surface area (Å²) in [5.41, 5.74) is 4.42. The van der Waals surface area contributed by atoms with Crippen LogP contribution in [0, 0.1) is 5.92 Å². The minimum absolute atomic E-state index is 0.0180. The van der Waals surface area contributed by atoms with E-state index < -0.39 is 0 Å². The van der Waals surface area contributed by atoms with Gasteiger partial charge in [0.15, 0.2) is 0 Å². The molecule has 0 aliphatic carbocycles. The molecule has 5 nitrogen and oxygen atoms in total. The molecule has 4 rings (SSSR count). The molecule has 1 N–H and O–H groups in total. The van der Waals surface area contributed by atoms with Crippen molar-refractivity contribution in [2.45, 2.75) is 39.4 Å². The van der Waals surface area contributed by atoms with Crippen molar-refractivity contribution in [3.05, 3.63) is 70.8 Å². The summed E-state index contributed by atoms with van der Waals surface area (Å²) < 4.78 is 5.41. The van der Waals surface area contributed by atoms with E-state index in [9.17, 15) is 4.79 Å². The van der Waals surface area contributed by atoms with Gasteiger partial charge in [0.2, 0.25) is 0 Å². The van der Waals surface area contributed by atoms with Crippen molar-refractivity contribution in [1.29, 1.82) is 0 Å². The first-order valence-corrected chi connectivity index (χ1v) is 11.6. The van der Waals surface area contributed by atoms with E-state index in [1.54, 1.807) is 0 Å². The predicted molar refractivity (Wildman–Crippen MR) is 124 cm³/mol. The number of carbonyl (C=O) groups excluding carboxylic acids is 1. The third-order valence-electron chi connectivity index (χ3n) is 6.35. The number of hydrogen-bond acceptors (Lipinski definition) is 4. The van der Waals surface area contributed by atoms with Crippen molar-refractivity contribution in [3.8, 4) is 0 Å². The van der Waals surface area contributed by atoms with Crippen molar-refractivity contribution < 1.29 is 9.53 Å². The van der Waals surface area contributed by atoms with Crippen LogP contribution < -0.4 is 5.32 Å². The Bertz CT molecular complexity index is 829. The Labute approximate surface area is 186 Å². The molecule has 1 atom stereocenters. The SMILES string of the molecule is CC1CCCN(Cc2ccc(C(=O)NCc3ccc(CN4CCOCC4)cc3)cc2)C1. The summed E-state index contributed by atoms with van der Waals surface area (Å²) in [5, 5.41) is 3.05. The summed E-state index contributed by atoms with van der Waals surface area (Å²) in [6.07, 6.45) is 2.63. The number of carbonyl (C=O) groups is 1. The zero-order valence-electron chi connectivity index (χ0n) is 18.7. The average molecular weight is 422 g/mol. The minimum Gasteiger partial charge on any atom is -0.379 e. The van der Waals surface area contributed by atoms with Gasteiger partial charge in [-0.05, 0) is 54.1 Å². The van der Waals surface area contributed by atoms with Gasteiger partial charge in [-0.1, -0.05) is 43.3 Å². The number of benzene rings is 2. The molecule has 1 unspecified atom stereocenters. The third-order valence-corrected chi connectivity index (χ3v) is 6.35. The number of nitrogens with zero attached hydrogens (tertiary/aromatic N) is 2. The molecule has 2 fully saturated rings. The van der Waals surface area contributed by atoms with Gasteiger partial charge in [0.05, 0.1) is 13.2 Å². The Morgan fingerprint density at radius 1 is 0.903 bits per heavy atom.